The lowest BCUT2D eigenvalue weighted by Crippen LogP contribution is -2.29. The summed E-state index contributed by atoms with van der Waals surface area (Å²) in [5.41, 5.74) is 0. The fourth-order valence-electron chi connectivity index (χ4n) is 0.767. The molecule has 0 saturated carbocycles. The van der Waals surface area contributed by atoms with Gasteiger partial charge in [-0.05, 0) is 12.1 Å². The number of thiocarbonyl (C=S) groups is 1. The summed E-state index contributed by atoms with van der Waals surface area (Å²) in [4.78, 5) is 0. The van der Waals surface area contributed by atoms with Gasteiger partial charge in [0.1, 0.15) is 11.8 Å². The molecule has 0 aliphatic rings. The van der Waals surface area contributed by atoms with E-state index in [1.165, 1.54) is 0 Å². The Labute approximate surface area is 91.0 Å². The summed E-state index contributed by atoms with van der Waals surface area (Å²) in [7, 11) is 0. The molecule has 1 aromatic rings. The molecule has 1 atom stereocenters. The van der Waals surface area contributed by atoms with Crippen molar-refractivity contribution in [1.29, 1.82) is 5.26 Å². The standard InChI is InChI=1S/C9H9N2OS2/c10-6-7-14(11)9(13)12-8-4-2-1-3-5-8/h1-5H,7,11H2/q+1. The maximum Gasteiger partial charge on any atom is 0.405 e. The second-order valence-corrected chi connectivity index (χ2v) is 4.54. The minimum Gasteiger partial charge on any atom is -0.408 e. The average molecular weight is 225 g/mol. The van der Waals surface area contributed by atoms with Crippen molar-refractivity contribution in [2.24, 2.45) is 5.14 Å². The molecule has 1 aromatic carbocycles. The zero-order chi connectivity index (χ0) is 10.4. The highest BCUT2D eigenvalue weighted by Crippen LogP contribution is 2.10. The lowest BCUT2D eigenvalue weighted by Gasteiger charge is -2.01. The lowest BCUT2D eigenvalue weighted by molar-refractivity contribution is 0.578. The van der Waals surface area contributed by atoms with Crippen molar-refractivity contribution >= 4 is 27.7 Å². The van der Waals surface area contributed by atoms with Gasteiger partial charge in [-0.15, -0.1) is 5.14 Å². The SMILES string of the molecule is N#CC[S+](N)C(=S)Oc1ccccc1. The molecule has 0 fully saturated rings. The van der Waals surface area contributed by atoms with Crippen molar-refractivity contribution in [3.05, 3.63) is 30.3 Å². The van der Waals surface area contributed by atoms with Crippen molar-refractivity contribution in [2.45, 2.75) is 0 Å². The summed E-state index contributed by atoms with van der Waals surface area (Å²) < 4.78 is 5.57. The molecule has 14 heavy (non-hydrogen) atoms. The topological polar surface area (TPSA) is 59.0 Å². The minimum absolute atomic E-state index is 0.200. The third kappa shape index (κ3) is 3.34. The van der Waals surface area contributed by atoms with E-state index >= 15 is 0 Å². The predicted octanol–water partition coefficient (Wildman–Crippen LogP) is 1.37. The molecule has 0 aliphatic heterocycles. The monoisotopic (exact) mass is 225 g/mol. The summed E-state index contributed by atoms with van der Waals surface area (Å²) in [6.45, 7) is 0. The van der Waals surface area contributed by atoms with Gasteiger partial charge in [0.05, 0.1) is 0 Å². The molecule has 0 radical (unpaired) electrons. The van der Waals surface area contributed by atoms with Crippen LogP contribution in [0.15, 0.2) is 30.3 Å². The van der Waals surface area contributed by atoms with Gasteiger partial charge in [0.15, 0.2) is 11.1 Å². The van der Waals surface area contributed by atoms with Crippen LogP contribution in [0, 0.1) is 11.3 Å². The van der Waals surface area contributed by atoms with E-state index in [0.29, 0.717) is 5.75 Å². The first-order chi connectivity index (χ1) is 6.74. The fraction of sp³-hybridized carbons (Fsp3) is 0.111. The van der Waals surface area contributed by atoms with Gasteiger partial charge in [-0.1, -0.05) is 18.2 Å². The number of hydrogen-bond donors (Lipinski definition) is 1. The zero-order valence-corrected chi connectivity index (χ0v) is 8.98. The zero-order valence-electron chi connectivity index (χ0n) is 7.34. The number of nitrogens with two attached hydrogens (primary N) is 1. The Balaban J connectivity index is 2.54. The molecule has 72 valence electrons. The van der Waals surface area contributed by atoms with Crippen LogP contribution >= 0.6 is 12.2 Å². The molecule has 0 aliphatic carbocycles. The lowest BCUT2D eigenvalue weighted by atomic mass is 10.3. The molecule has 0 spiro atoms. The normalized spacial score (nSPS) is 11.4. The molecule has 1 rings (SSSR count). The second kappa shape index (κ2) is 5.60. The van der Waals surface area contributed by atoms with Crippen molar-refractivity contribution in [3.8, 4) is 11.8 Å². The van der Waals surface area contributed by atoms with E-state index in [4.69, 9.17) is 27.4 Å². The Hall–Kier alpha value is -1.09. The summed E-state index contributed by atoms with van der Waals surface area (Å²) >= 11 is 4.17. The van der Waals surface area contributed by atoms with Gasteiger partial charge >= 0.3 is 4.38 Å². The van der Waals surface area contributed by atoms with Crippen LogP contribution < -0.4 is 9.88 Å². The van der Waals surface area contributed by atoms with Crippen LogP contribution in [0.25, 0.3) is 0 Å². The van der Waals surface area contributed by atoms with Gasteiger partial charge in [0, 0.05) is 12.2 Å². The number of nitrogens with zero attached hydrogens (tertiary/aromatic N) is 1. The Morgan fingerprint density at radius 3 is 2.71 bits per heavy atom. The molecule has 2 N–H and O–H groups in total. The van der Waals surface area contributed by atoms with E-state index in [2.05, 4.69) is 0 Å². The van der Waals surface area contributed by atoms with Gasteiger partial charge in [0.2, 0.25) is 5.75 Å². The highest BCUT2D eigenvalue weighted by Gasteiger charge is 2.22. The van der Waals surface area contributed by atoms with E-state index in [9.17, 15) is 0 Å². The third-order valence-electron chi connectivity index (χ3n) is 1.38. The highest BCUT2D eigenvalue weighted by atomic mass is 32.2. The van der Waals surface area contributed by atoms with Crippen LogP contribution in [0.1, 0.15) is 0 Å². The summed E-state index contributed by atoms with van der Waals surface area (Å²) in [6, 6.07) is 11.1. The first kappa shape index (κ1) is 11.0. The first-order valence-electron chi connectivity index (χ1n) is 3.83. The highest BCUT2D eigenvalue weighted by molar-refractivity contribution is 8.19. The minimum atomic E-state index is -0.767. The third-order valence-corrected chi connectivity index (χ3v) is 3.06. The Morgan fingerprint density at radius 2 is 2.14 bits per heavy atom. The Kier molecular flexibility index (Phi) is 4.40. The molecule has 1 unspecified atom stereocenters. The van der Waals surface area contributed by atoms with Gasteiger partial charge in [0.25, 0.3) is 0 Å². The Morgan fingerprint density at radius 1 is 1.50 bits per heavy atom. The van der Waals surface area contributed by atoms with Crippen LogP contribution in [0.3, 0.4) is 0 Å². The summed E-state index contributed by atoms with van der Waals surface area (Å²) in [5.74, 6) is 0.851. The van der Waals surface area contributed by atoms with Crippen molar-refractivity contribution < 1.29 is 4.74 Å². The van der Waals surface area contributed by atoms with E-state index < -0.39 is 11.1 Å². The van der Waals surface area contributed by atoms with Crippen LogP contribution in [0.4, 0.5) is 0 Å². The van der Waals surface area contributed by atoms with E-state index in [0.717, 1.165) is 0 Å². The number of hydrogen-bond acceptors (Lipinski definition) is 4. The van der Waals surface area contributed by atoms with E-state index in [-0.39, 0.29) is 10.1 Å². The van der Waals surface area contributed by atoms with E-state index in [1.54, 1.807) is 12.1 Å². The van der Waals surface area contributed by atoms with Gasteiger partial charge in [-0.25, -0.2) is 0 Å². The smallest absolute Gasteiger partial charge is 0.405 e. The molecule has 0 saturated heterocycles. The van der Waals surface area contributed by atoms with E-state index in [1.807, 2.05) is 24.3 Å². The molecule has 0 aromatic heterocycles. The summed E-state index contributed by atoms with van der Waals surface area (Å²) in [5, 5.41) is 14.0. The molecule has 0 amide bonds. The van der Waals surface area contributed by atoms with Gasteiger partial charge in [-0.2, -0.15) is 5.26 Å². The number of benzene rings is 1. The predicted molar refractivity (Wildman–Crippen MR) is 61.7 cm³/mol. The molecular formula is C9H9N2OS2+. The van der Waals surface area contributed by atoms with Crippen LogP contribution in [0.2, 0.25) is 0 Å². The van der Waals surface area contributed by atoms with Crippen molar-refractivity contribution in [2.75, 3.05) is 5.75 Å². The fourth-order valence-corrected chi connectivity index (χ4v) is 1.50. The maximum absolute atomic E-state index is 8.41. The van der Waals surface area contributed by atoms with Gasteiger partial charge in [-0.3, -0.25) is 0 Å². The van der Waals surface area contributed by atoms with Crippen molar-refractivity contribution in [3.63, 3.8) is 0 Å². The maximum atomic E-state index is 8.41. The summed E-state index contributed by atoms with van der Waals surface area (Å²) in [6.07, 6.45) is 0. The molecule has 0 heterocycles. The largest absolute Gasteiger partial charge is 0.408 e. The molecule has 0 bridgehead atoms. The quantitative estimate of drug-likeness (QED) is 0.610. The second-order valence-electron chi connectivity index (χ2n) is 2.40. The van der Waals surface area contributed by atoms with Crippen LogP contribution in [-0.4, -0.2) is 10.1 Å². The van der Waals surface area contributed by atoms with Crippen LogP contribution in [0.5, 0.6) is 5.75 Å². The number of nitriles is 1. The molecule has 3 nitrogen and oxygen atoms in total. The van der Waals surface area contributed by atoms with Gasteiger partial charge < -0.3 is 4.74 Å². The molecule has 5 heteroatoms. The Bertz CT molecular complexity index is 348. The molecular weight excluding hydrogens is 216 g/mol. The number of rotatable bonds is 2. The number of para-hydroxylation sites is 1. The number of ether oxygens (including phenoxy) is 1. The average Bonchev–Trinajstić information content (AvgIpc) is 2.19. The van der Waals surface area contributed by atoms with Crippen LogP contribution in [-0.2, 0) is 11.1 Å². The van der Waals surface area contributed by atoms with Crippen molar-refractivity contribution in [1.82, 2.24) is 0 Å². The first-order valence-corrected chi connectivity index (χ1v) is 5.69.